The number of hydrogen-bond donors (Lipinski definition) is 3. The van der Waals surface area contributed by atoms with Gasteiger partial charge in [0.25, 0.3) is 5.91 Å². The average Bonchev–Trinajstić information content (AvgIpc) is 3.13. The van der Waals surface area contributed by atoms with E-state index >= 15 is 0 Å². The number of hydroxylamine groups is 1. The summed E-state index contributed by atoms with van der Waals surface area (Å²) in [5.74, 6) is -0.539. The van der Waals surface area contributed by atoms with Crippen molar-refractivity contribution in [3.63, 3.8) is 0 Å². The molecule has 0 spiro atoms. The van der Waals surface area contributed by atoms with Crippen molar-refractivity contribution < 1.29 is 15.1 Å². The van der Waals surface area contributed by atoms with Gasteiger partial charge in [-0.1, -0.05) is 48.5 Å². The van der Waals surface area contributed by atoms with E-state index < -0.39 is 5.91 Å². The van der Waals surface area contributed by atoms with E-state index in [1.807, 2.05) is 12.1 Å². The second-order valence-electron chi connectivity index (χ2n) is 6.82. The molecule has 27 heavy (non-hydrogen) atoms. The van der Waals surface area contributed by atoms with Crippen LogP contribution >= 0.6 is 0 Å². The van der Waals surface area contributed by atoms with Gasteiger partial charge in [0.15, 0.2) is 0 Å². The number of nitrogens with one attached hydrogen (secondary N) is 1. The molecule has 1 atom stereocenters. The third-order valence-electron chi connectivity index (χ3n) is 5.11. The predicted molar refractivity (Wildman–Crippen MR) is 105 cm³/mol. The van der Waals surface area contributed by atoms with E-state index in [1.165, 1.54) is 22.8 Å². The third kappa shape index (κ3) is 5.04. The van der Waals surface area contributed by atoms with Crippen molar-refractivity contribution in [3.05, 3.63) is 76.9 Å². The fourth-order valence-corrected chi connectivity index (χ4v) is 3.78. The van der Waals surface area contributed by atoms with Gasteiger partial charge in [0.2, 0.25) is 0 Å². The molecule has 0 radical (unpaired) electrons. The third-order valence-corrected chi connectivity index (χ3v) is 5.11. The first-order chi connectivity index (χ1) is 13.2. The Morgan fingerprint density at radius 3 is 2.74 bits per heavy atom. The van der Waals surface area contributed by atoms with Gasteiger partial charge >= 0.3 is 0 Å². The largest absolute Gasteiger partial charge is 0.395 e. The highest BCUT2D eigenvalue weighted by atomic mass is 16.5. The number of aryl methyl sites for hydroxylation is 1. The van der Waals surface area contributed by atoms with Crippen molar-refractivity contribution in [2.24, 2.45) is 0 Å². The Labute approximate surface area is 159 Å². The molecule has 0 aliphatic heterocycles. The molecule has 1 unspecified atom stereocenters. The Kier molecular flexibility index (Phi) is 6.76. The second-order valence-corrected chi connectivity index (χ2v) is 6.82. The zero-order chi connectivity index (χ0) is 19.1. The summed E-state index contributed by atoms with van der Waals surface area (Å²) in [5, 5.41) is 18.1. The maximum absolute atomic E-state index is 11.1. The molecular weight excluding hydrogens is 340 g/mol. The molecule has 0 fully saturated rings. The van der Waals surface area contributed by atoms with Crippen LogP contribution < -0.4 is 5.48 Å². The number of carbonyl (C=O) groups is 1. The van der Waals surface area contributed by atoms with E-state index in [2.05, 4.69) is 41.3 Å². The first-order valence-electron chi connectivity index (χ1n) is 9.35. The van der Waals surface area contributed by atoms with Crippen LogP contribution in [0.3, 0.4) is 0 Å². The maximum Gasteiger partial charge on any atom is 0.267 e. The van der Waals surface area contributed by atoms with Gasteiger partial charge in [0.05, 0.1) is 6.61 Å². The Bertz CT molecular complexity index is 789. The molecule has 5 nitrogen and oxygen atoms in total. The number of aliphatic hydroxyl groups is 1. The SMILES string of the molecule is O=C(C=Cc1ccc2c(c1)CCC2N(CCO)CCc1ccccc1)NO. The summed E-state index contributed by atoms with van der Waals surface area (Å²) in [5.41, 5.74) is 6.43. The molecule has 0 saturated carbocycles. The molecule has 5 heteroatoms. The average molecular weight is 366 g/mol. The van der Waals surface area contributed by atoms with Gasteiger partial charge in [-0.15, -0.1) is 0 Å². The monoisotopic (exact) mass is 366 g/mol. The van der Waals surface area contributed by atoms with Crippen LogP contribution in [0.5, 0.6) is 0 Å². The van der Waals surface area contributed by atoms with Crippen LogP contribution in [0.25, 0.3) is 6.08 Å². The summed E-state index contributed by atoms with van der Waals surface area (Å²) in [4.78, 5) is 13.5. The summed E-state index contributed by atoms with van der Waals surface area (Å²) in [6, 6.07) is 17.0. The highest BCUT2D eigenvalue weighted by Gasteiger charge is 2.27. The number of fused-ring (bicyclic) bond motifs is 1. The first kappa shape index (κ1) is 19.3. The van der Waals surface area contributed by atoms with Crippen LogP contribution in [-0.2, 0) is 17.6 Å². The molecule has 0 bridgehead atoms. The standard InChI is InChI=1S/C22H26N2O3/c25-15-14-24(13-12-17-4-2-1-3-5-17)21-10-8-19-16-18(6-9-20(19)21)7-11-22(26)23-27/h1-7,9,11,16,21,25,27H,8,10,12-15H2,(H,23,26). The fraction of sp³-hybridized carbons (Fsp3) is 0.318. The van der Waals surface area contributed by atoms with E-state index in [0.29, 0.717) is 12.6 Å². The first-order valence-corrected chi connectivity index (χ1v) is 9.35. The van der Waals surface area contributed by atoms with Crippen molar-refractivity contribution >= 4 is 12.0 Å². The van der Waals surface area contributed by atoms with Crippen molar-refractivity contribution in [1.82, 2.24) is 10.4 Å². The minimum Gasteiger partial charge on any atom is -0.395 e. The van der Waals surface area contributed by atoms with E-state index in [1.54, 1.807) is 11.6 Å². The Balaban J connectivity index is 1.71. The summed E-state index contributed by atoms with van der Waals surface area (Å²) in [6.07, 6.45) is 5.99. The summed E-state index contributed by atoms with van der Waals surface area (Å²) in [7, 11) is 0. The lowest BCUT2D eigenvalue weighted by Crippen LogP contribution is -2.32. The smallest absolute Gasteiger partial charge is 0.267 e. The van der Waals surface area contributed by atoms with Crippen LogP contribution in [0, 0.1) is 0 Å². The van der Waals surface area contributed by atoms with Gasteiger partial charge in [-0.25, -0.2) is 5.48 Å². The van der Waals surface area contributed by atoms with E-state index in [9.17, 15) is 9.90 Å². The van der Waals surface area contributed by atoms with Crippen molar-refractivity contribution in [3.8, 4) is 0 Å². The lowest BCUT2D eigenvalue weighted by atomic mass is 10.0. The zero-order valence-electron chi connectivity index (χ0n) is 15.3. The lowest BCUT2D eigenvalue weighted by molar-refractivity contribution is -0.124. The Morgan fingerprint density at radius 1 is 1.19 bits per heavy atom. The molecule has 3 rings (SSSR count). The fourth-order valence-electron chi connectivity index (χ4n) is 3.78. The normalized spacial score (nSPS) is 16.0. The minimum atomic E-state index is -0.539. The highest BCUT2D eigenvalue weighted by molar-refractivity contribution is 5.90. The number of hydrogen-bond acceptors (Lipinski definition) is 4. The molecule has 1 aliphatic rings. The minimum absolute atomic E-state index is 0.151. The molecule has 3 N–H and O–H groups in total. The molecular formula is C22H26N2O3. The van der Waals surface area contributed by atoms with Gasteiger partial charge in [0, 0.05) is 25.2 Å². The van der Waals surface area contributed by atoms with Crippen LogP contribution in [0.1, 0.15) is 34.7 Å². The van der Waals surface area contributed by atoms with Gasteiger partial charge < -0.3 is 5.11 Å². The number of carbonyl (C=O) groups excluding carboxylic acids is 1. The van der Waals surface area contributed by atoms with E-state index in [-0.39, 0.29) is 6.61 Å². The molecule has 0 aromatic heterocycles. The van der Waals surface area contributed by atoms with Crippen molar-refractivity contribution in [2.45, 2.75) is 25.3 Å². The summed E-state index contributed by atoms with van der Waals surface area (Å²) >= 11 is 0. The van der Waals surface area contributed by atoms with Crippen molar-refractivity contribution in [2.75, 3.05) is 19.7 Å². The second kappa shape index (κ2) is 9.46. The van der Waals surface area contributed by atoms with Gasteiger partial charge in [-0.3, -0.25) is 14.9 Å². The molecule has 142 valence electrons. The topological polar surface area (TPSA) is 72.8 Å². The zero-order valence-corrected chi connectivity index (χ0v) is 15.3. The Morgan fingerprint density at radius 2 is 2.00 bits per heavy atom. The summed E-state index contributed by atoms with van der Waals surface area (Å²) < 4.78 is 0. The van der Waals surface area contributed by atoms with Gasteiger partial charge in [-0.05, 0) is 47.6 Å². The van der Waals surface area contributed by atoms with Gasteiger partial charge in [-0.2, -0.15) is 0 Å². The molecule has 1 aliphatic carbocycles. The maximum atomic E-state index is 11.1. The molecule has 1 amide bonds. The number of amides is 1. The molecule has 0 saturated heterocycles. The molecule has 2 aromatic rings. The number of aliphatic hydroxyl groups excluding tert-OH is 1. The number of rotatable bonds is 8. The van der Waals surface area contributed by atoms with Gasteiger partial charge in [0.1, 0.15) is 0 Å². The highest BCUT2D eigenvalue weighted by Crippen LogP contribution is 2.36. The van der Waals surface area contributed by atoms with Crippen LogP contribution in [-0.4, -0.2) is 40.8 Å². The van der Waals surface area contributed by atoms with Crippen molar-refractivity contribution in [1.29, 1.82) is 0 Å². The predicted octanol–water partition coefficient (Wildman–Crippen LogP) is 2.73. The van der Waals surface area contributed by atoms with Crippen LogP contribution in [0.2, 0.25) is 0 Å². The van der Waals surface area contributed by atoms with E-state index in [4.69, 9.17) is 5.21 Å². The Hall–Kier alpha value is -2.47. The van der Waals surface area contributed by atoms with E-state index in [0.717, 1.165) is 31.4 Å². The molecule has 0 heterocycles. The van der Waals surface area contributed by atoms with Crippen LogP contribution in [0.15, 0.2) is 54.6 Å². The summed E-state index contributed by atoms with van der Waals surface area (Å²) in [6.45, 7) is 1.72. The van der Waals surface area contributed by atoms with Crippen LogP contribution in [0.4, 0.5) is 0 Å². The lowest BCUT2D eigenvalue weighted by Gasteiger charge is -2.29. The quantitative estimate of drug-likeness (QED) is 0.382. The number of nitrogens with zero attached hydrogens (tertiary/aromatic N) is 1. The number of benzene rings is 2. The molecule has 2 aromatic carbocycles.